The molecule has 128 valence electrons. The van der Waals surface area contributed by atoms with Gasteiger partial charge in [-0.2, -0.15) is 0 Å². The molecular weight excluding hydrogens is 314 g/mol. The molecule has 1 aromatic heterocycles. The van der Waals surface area contributed by atoms with E-state index in [9.17, 15) is 8.42 Å². The van der Waals surface area contributed by atoms with Gasteiger partial charge in [0.1, 0.15) is 10.7 Å². The Balaban J connectivity index is 1.61. The number of rotatable bonds is 4. The van der Waals surface area contributed by atoms with E-state index in [1.54, 1.807) is 18.3 Å². The van der Waals surface area contributed by atoms with Gasteiger partial charge in [-0.15, -0.1) is 0 Å². The van der Waals surface area contributed by atoms with Gasteiger partial charge < -0.3 is 9.64 Å². The van der Waals surface area contributed by atoms with Crippen LogP contribution in [0.2, 0.25) is 0 Å². The van der Waals surface area contributed by atoms with Crippen LogP contribution in [0.3, 0.4) is 0 Å². The van der Waals surface area contributed by atoms with Gasteiger partial charge in [0, 0.05) is 58.4 Å². The minimum Gasteiger partial charge on any atom is -0.381 e. The molecule has 2 aliphatic heterocycles. The SMILES string of the molecule is CS(=O)(=O)c1cccnc1N1CCN(CC2CCOCC2)CC1. The van der Waals surface area contributed by atoms with Crippen LogP contribution in [0.15, 0.2) is 23.2 Å². The first kappa shape index (κ1) is 16.7. The molecule has 0 N–H and O–H groups in total. The molecule has 0 aliphatic carbocycles. The van der Waals surface area contributed by atoms with E-state index >= 15 is 0 Å². The van der Waals surface area contributed by atoms with Crippen molar-refractivity contribution in [2.75, 3.05) is 57.1 Å². The molecule has 0 aromatic carbocycles. The number of hydrogen-bond donors (Lipinski definition) is 0. The van der Waals surface area contributed by atoms with E-state index in [0.29, 0.717) is 10.7 Å². The van der Waals surface area contributed by atoms with Crippen molar-refractivity contribution in [1.82, 2.24) is 9.88 Å². The van der Waals surface area contributed by atoms with E-state index < -0.39 is 9.84 Å². The molecule has 2 saturated heterocycles. The summed E-state index contributed by atoms with van der Waals surface area (Å²) in [5.74, 6) is 1.33. The largest absolute Gasteiger partial charge is 0.381 e. The fraction of sp³-hybridized carbons (Fsp3) is 0.688. The summed E-state index contributed by atoms with van der Waals surface area (Å²) < 4.78 is 29.3. The van der Waals surface area contributed by atoms with Crippen molar-refractivity contribution in [3.05, 3.63) is 18.3 Å². The lowest BCUT2D eigenvalue weighted by Crippen LogP contribution is -2.48. The van der Waals surface area contributed by atoms with Gasteiger partial charge in [0.2, 0.25) is 0 Å². The van der Waals surface area contributed by atoms with Crippen LogP contribution in [0.1, 0.15) is 12.8 Å². The van der Waals surface area contributed by atoms with Crippen molar-refractivity contribution in [3.8, 4) is 0 Å². The van der Waals surface area contributed by atoms with Gasteiger partial charge in [-0.05, 0) is 30.9 Å². The monoisotopic (exact) mass is 339 g/mol. The third-order valence-corrected chi connectivity index (χ3v) is 5.80. The molecule has 3 heterocycles. The third kappa shape index (κ3) is 4.22. The first-order chi connectivity index (χ1) is 11.0. The van der Waals surface area contributed by atoms with Gasteiger partial charge in [0.15, 0.2) is 9.84 Å². The zero-order valence-corrected chi connectivity index (χ0v) is 14.5. The number of aromatic nitrogens is 1. The van der Waals surface area contributed by atoms with E-state index in [1.807, 2.05) is 0 Å². The molecule has 0 radical (unpaired) electrons. The predicted octanol–water partition coefficient (Wildman–Crippen LogP) is 1.03. The molecule has 6 nitrogen and oxygen atoms in total. The molecule has 2 fully saturated rings. The van der Waals surface area contributed by atoms with Crippen LogP contribution in [0.4, 0.5) is 5.82 Å². The smallest absolute Gasteiger partial charge is 0.179 e. The van der Waals surface area contributed by atoms with Crippen molar-refractivity contribution in [2.24, 2.45) is 5.92 Å². The third-order valence-electron chi connectivity index (χ3n) is 4.68. The molecule has 1 aromatic rings. The van der Waals surface area contributed by atoms with Crippen LogP contribution >= 0.6 is 0 Å². The zero-order valence-electron chi connectivity index (χ0n) is 13.6. The Labute approximate surface area is 138 Å². The highest BCUT2D eigenvalue weighted by molar-refractivity contribution is 7.90. The summed E-state index contributed by atoms with van der Waals surface area (Å²) in [6.45, 7) is 6.45. The Bertz CT molecular complexity index is 621. The molecule has 0 bridgehead atoms. The number of ether oxygens (including phenoxy) is 1. The summed E-state index contributed by atoms with van der Waals surface area (Å²) >= 11 is 0. The average Bonchev–Trinajstić information content (AvgIpc) is 2.56. The Kier molecular flexibility index (Phi) is 5.18. The maximum atomic E-state index is 11.9. The summed E-state index contributed by atoms with van der Waals surface area (Å²) in [5, 5.41) is 0. The first-order valence-electron chi connectivity index (χ1n) is 8.24. The van der Waals surface area contributed by atoms with Gasteiger partial charge in [-0.25, -0.2) is 13.4 Å². The molecule has 0 saturated carbocycles. The van der Waals surface area contributed by atoms with Crippen molar-refractivity contribution >= 4 is 15.7 Å². The molecule has 0 spiro atoms. The average molecular weight is 339 g/mol. The number of hydrogen-bond acceptors (Lipinski definition) is 6. The Morgan fingerprint density at radius 3 is 2.57 bits per heavy atom. The zero-order chi connectivity index (χ0) is 16.3. The molecule has 2 aliphatic rings. The lowest BCUT2D eigenvalue weighted by Gasteiger charge is -2.38. The Morgan fingerprint density at radius 1 is 1.22 bits per heavy atom. The Morgan fingerprint density at radius 2 is 1.91 bits per heavy atom. The number of piperazine rings is 1. The normalized spacial score (nSPS) is 21.5. The van der Waals surface area contributed by atoms with Crippen LogP contribution in [-0.4, -0.2) is 70.5 Å². The number of anilines is 1. The van der Waals surface area contributed by atoms with E-state index in [2.05, 4.69) is 14.8 Å². The number of sulfone groups is 1. The number of nitrogens with zero attached hydrogens (tertiary/aromatic N) is 3. The van der Waals surface area contributed by atoms with Crippen molar-refractivity contribution < 1.29 is 13.2 Å². The van der Waals surface area contributed by atoms with E-state index in [-0.39, 0.29) is 0 Å². The fourth-order valence-electron chi connectivity index (χ4n) is 3.35. The second-order valence-electron chi connectivity index (χ2n) is 6.44. The second kappa shape index (κ2) is 7.15. The molecule has 0 amide bonds. The quantitative estimate of drug-likeness (QED) is 0.817. The van der Waals surface area contributed by atoms with Gasteiger partial charge in [-0.3, -0.25) is 4.90 Å². The van der Waals surface area contributed by atoms with Crippen molar-refractivity contribution in [2.45, 2.75) is 17.7 Å². The topological polar surface area (TPSA) is 62.7 Å². The summed E-state index contributed by atoms with van der Waals surface area (Å²) in [7, 11) is -3.25. The number of pyridine rings is 1. The maximum absolute atomic E-state index is 11.9. The minimum atomic E-state index is -3.25. The summed E-state index contributed by atoms with van der Waals surface area (Å²) in [6, 6.07) is 3.33. The maximum Gasteiger partial charge on any atom is 0.179 e. The van der Waals surface area contributed by atoms with Crippen LogP contribution in [-0.2, 0) is 14.6 Å². The lowest BCUT2D eigenvalue weighted by atomic mass is 9.99. The van der Waals surface area contributed by atoms with Crippen LogP contribution in [0.5, 0.6) is 0 Å². The highest BCUT2D eigenvalue weighted by Crippen LogP contribution is 2.24. The second-order valence-corrected chi connectivity index (χ2v) is 8.42. The Hall–Kier alpha value is -1.18. The molecule has 0 unspecified atom stereocenters. The lowest BCUT2D eigenvalue weighted by molar-refractivity contribution is 0.0517. The first-order valence-corrected chi connectivity index (χ1v) is 10.1. The summed E-state index contributed by atoms with van der Waals surface area (Å²) in [4.78, 5) is 9.23. The molecule has 7 heteroatoms. The van der Waals surface area contributed by atoms with Gasteiger partial charge in [0.05, 0.1) is 0 Å². The van der Waals surface area contributed by atoms with E-state index in [1.165, 1.54) is 6.26 Å². The van der Waals surface area contributed by atoms with Gasteiger partial charge >= 0.3 is 0 Å². The van der Waals surface area contributed by atoms with Crippen molar-refractivity contribution in [1.29, 1.82) is 0 Å². The van der Waals surface area contributed by atoms with Gasteiger partial charge in [0.25, 0.3) is 0 Å². The van der Waals surface area contributed by atoms with Crippen LogP contribution in [0.25, 0.3) is 0 Å². The predicted molar refractivity (Wildman–Crippen MR) is 89.5 cm³/mol. The molecule has 0 atom stereocenters. The molecular formula is C16H25N3O3S. The molecule has 23 heavy (non-hydrogen) atoms. The highest BCUT2D eigenvalue weighted by Gasteiger charge is 2.25. The van der Waals surface area contributed by atoms with E-state index in [4.69, 9.17) is 4.74 Å². The van der Waals surface area contributed by atoms with E-state index in [0.717, 1.165) is 64.7 Å². The van der Waals surface area contributed by atoms with Crippen molar-refractivity contribution in [3.63, 3.8) is 0 Å². The summed E-state index contributed by atoms with van der Waals surface area (Å²) in [5.41, 5.74) is 0. The standard InChI is InChI=1S/C16H25N3O3S/c1-23(20,21)15-3-2-6-17-16(15)19-9-7-18(8-10-19)13-14-4-11-22-12-5-14/h2-3,6,14H,4-5,7-13H2,1H3. The fourth-order valence-corrected chi connectivity index (χ4v) is 4.18. The molecule has 3 rings (SSSR count). The van der Waals surface area contributed by atoms with Crippen LogP contribution in [0, 0.1) is 5.92 Å². The highest BCUT2D eigenvalue weighted by atomic mass is 32.2. The van der Waals surface area contributed by atoms with Crippen LogP contribution < -0.4 is 4.90 Å². The van der Waals surface area contributed by atoms with Gasteiger partial charge in [-0.1, -0.05) is 0 Å². The summed E-state index contributed by atoms with van der Waals surface area (Å²) in [6.07, 6.45) is 5.21. The minimum absolute atomic E-state index is 0.331.